The zero-order valence-corrected chi connectivity index (χ0v) is 3.38. The summed E-state index contributed by atoms with van der Waals surface area (Å²) in [5.74, 6) is 0. The maximum atomic E-state index is 9.50. The van der Waals surface area contributed by atoms with Crippen LogP contribution in [-0.2, 0) is 0 Å². The van der Waals surface area contributed by atoms with Gasteiger partial charge in [0, 0.05) is 0 Å². The molecule has 0 aromatic heterocycles. The van der Waals surface area contributed by atoms with Gasteiger partial charge in [0.25, 0.3) is 0 Å². The van der Waals surface area contributed by atoms with Crippen LogP contribution in [-0.4, -0.2) is 7.18 Å². The second-order valence-electron chi connectivity index (χ2n) is 0. The van der Waals surface area contributed by atoms with Crippen LogP contribution in [0.5, 0.6) is 0 Å². The Labute approximate surface area is 26.6 Å². The fraction of sp³-hybridized carbons (Fsp3) is 1.00. The molecule has 0 bridgehead atoms. The lowest BCUT2D eigenvalue weighted by Crippen LogP contribution is -0.939. The van der Waals surface area contributed by atoms with Gasteiger partial charge in [-0.05, 0) is 0 Å². The first kappa shape index (κ1) is 9.06. The Morgan fingerprint density at radius 2 is 1.00 bits per heavy atom. The van der Waals surface area contributed by atoms with E-state index in [-0.39, 0.29) is 0 Å². The normalized spacial score (nSPS) is 3.00. The highest BCUT2D eigenvalue weighted by Crippen LogP contribution is 1.16. The second-order valence-corrected chi connectivity index (χ2v) is 0. The third kappa shape index (κ3) is 341. The molecule has 28 valence electrons. The van der Waals surface area contributed by atoms with Crippen LogP contribution in [0.15, 0.2) is 0 Å². The molecule has 0 aliphatic rings. The molecule has 0 heterocycles. The smallest absolute Gasteiger partial charge is 0.0785 e. The Bertz CT molecular complexity index is 3.25. The van der Waals surface area contributed by atoms with Gasteiger partial charge in [-0.15, -0.1) is 0 Å². The van der Waals surface area contributed by atoms with E-state index < -0.39 is 0 Å². The molecule has 0 saturated heterocycles. The Morgan fingerprint density at radius 1 is 1.00 bits per heavy atom. The van der Waals surface area contributed by atoms with Crippen molar-refractivity contribution >= 4 is 0 Å². The fourth-order valence-electron chi connectivity index (χ4n) is 0. The molecule has 0 saturated carbocycles. The summed E-state index contributed by atoms with van der Waals surface area (Å²) in [4.78, 5) is 0. The second kappa shape index (κ2) is 2230. The van der Waals surface area contributed by atoms with Crippen LogP contribution >= 0.6 is 0 Å². The molecule has 0 N–H and O–H groups in total. The molecule has 0 atom stereocenters. The zero-order valence-electron chi connectivity index (χ0n) is 3.38. The maximum Gasteiger partial charge on any atom is 0.0785 e. The van der Waals surface area contributed by atoms with Gasteiger partial charge in [0.05, 0.1) is 7.18 Å². The van der Waals surface area contributed by atoms with Crippen molar-refractivity contribution in [3.05, 3.63) is 0 Å². The zero-order chi connectivity index (χ0) is 4.00. The number of rotatable bonds is 0. The van der Waals surface area contributed by atoms with Gasteiger partial charge in [0.1, 0.15) is 0 Å². The van der Waals surface area contributed by atoms with Crippen LogP contribution in [0.3, 0.4) is 0 Å². The molecule has 0 unspecified atom stereocenters. The van der Waals surface area contributed by atoms with Crippen molar-refractivity contribution in [1.29, 1.82) is 0 Å². The molecule has 0 aliphatic heterocycles. The first-order valence-corrected chi connectivity index (χ1v) is 1.38. The van der Waals surface area contributed by atoms with Crippen molar-refractivity contribution in [1.82, 2.24) is 0 Å². The van der Waals surface area contributed by atoms with E-state index in [1.807, 2.05) is 13.8 Å². The largest absolute Gasteiger partial charge is 0.255 e. The minimum Gasteiger partial charge on any atom is -0.255 e. The summed E-state index contributed by atoms with van der Waals surface area (Å²) >= 11 is 0. The standard InChI is InChI=1S/C2H6.CH3F/c2*1-2/h1-2H3;1H3. The molecule has 0 amide bonds. The van der Waals surface area contributed by atoms with Crippen LogP contribution in [0, 0.1) is 0 Å². The summed E-state index contributed by atoms with van der Waals surface area (Å²) < 4.78 is 9.50. The van der Waals surface area contributed by atoms with Crippen LogP contribution in [0.2, 0.25) is 0 Å². The summed E-state index contributed by atoms with van der Waals surface area (Å²) in [5.41, 5.74) is 0. The van der Waals surface area contributed by atoms with E-state index >= 15 is 0 Å². The molecule has 0 fully saturated rings. The molecule has 0 aromatic rings. The predicted octanol–water partition coefficient (Wildman–Crippen LogP) is 1.61. The number of halogens is 1. The quantitative estimate of drug-likeness (QED) is 0.401. The van der Waals surface area contributed by atoms with Gasteiger partial charge in [-0.25, -0.2) is 0 Å². The molecule has 0 nitrogen and oxygen atoms in total. The Balaban J connectivity index is 0. The van der Waals surface area contributed by atoms with Crippen molar-refractivity contribution in [2.45, 2.75) is 13.8 Å². The molecule has 0 spiro atoms. The van der Waals surface area contributed by atoms with E-state index in [9.17, 15) is 4.39 Å². The summed E-state index contributed by atoms with van der Waals surface area (Å²) in [5, 5.41) is 0. The minimum absolute atomic E-state index is 0.500. The predicted molar refractivity (Wildman–Crippen MR) is 18.4 cm³/mol. The third-order valence-electron chi connectivity index (χ3n) is 0. The van der Waals surface area contributed by atoms with Gasteiger partial charge in [0.2, 0.25) is 0 Å². The van der Waals surface area contributed by atoms with Gasteiger partial charge in [-0.2, -0.15) is 0 Å². The lowest BCUT2D eigenvalue weighted by Gasteiger charge is -1.10. The Kier molecular flexibility index (Phi) is 5040. The van der Waals surface area contributed by atoms with E-state index in [1.165, 1.54) is 0 Å². The summed E-state index contributed by atoms with van der Waals surface area (Å²) in [6.45, 7) is 4.00. The SMILES string of the molecule is CC.CF. The Hall–Kier alpha value is -0.0700. The van der Waals surface area contributed by atoms with E-state index in [2.05, 4.69) is 0 Å². The summed E-state index contributed by atoms with van der Waals surface area (Å²) in [7, 11) is 0.500. The highest BCUT2D eigenvalue weighted by atomic mass is 19.1. The molecule has 1 heteroatoms. The minimum atomic E-state index is 0.500. The molecule has 0 rings (SSSR count). The van der Waals surface area contributed by atoms with E-state index in [1.54, 1.807) is 0 Å². The van der Waals surface area contributed by atoms with Gasteiger partial charge >= 0.3 is 0 Å². The summed E-state index contributed by atoms with van der Waals surface area (Å²) in [6.07, 6.45) is 0. The van der Waals surface area contributed by atoms with Crippen LogP contribution in [0.25, 0.3) is 0 Å². The first-order chi connectivity index (χ1) is 2.00. The van der Waals surface area contributed by atoms with E-state index in [0.717, 1.165) is 0 Å². The van der Waals surface area contributed by atoms with Crippen molar-refractivity contribution in [2.75, 3.05) is 7.18 Å². The van der Waals surface area contributed by atoms with Crippen LogP contribution in [0.4, 0.5) is 4.39 Å². The lowest BCUT2D eigenvalue weighted by molar-refractivity contribution is 0.636. The van der Waals surface area contributed by atoms with Crippen LogP contribution in [0.1, 0.15) is 13.8 Å². The first-order valence-electron chi connectivity index (χ1n) is 1.38. The highest BCUT2D eigenvalue weighted by molar-refractivity contribution is 3.50. The average molecular weight is 64.1 g/mol. The summed E-state index contributed by atoms with van der Waals surface area (Å²) in [6, 6.07) is 0. The lowest BCUT2D eigenvalue weighted by atomic mass is 11.0. The monoisotopic (exact) mass is 64.1 g/mol. The number of alkyl halides is 1. The number of hydrogen-bond acceptors (Lipinski definition) is 0. The molecular formula is C3H9F. The van der Waals surface area contributed by atoms with E-state index in [0.29, 0.717) is 7.18 Å². The molecule has 4 heavy (non-hydrogen) atoms. The van der Waals surface area contributed by atoms with Gasteiger partial charge in [0.15, 0.2) is 0 Å². The van der Waals surface area contributed by atoms with E-state index in [4.69, 9.17) is 0 Å². The maximum absolute atomic E-state index is 9.50. The molecule has 0 aliphatic carbocycles. The van der Waals surface area contributed by atoms with Crippen LogP contribution < -0.4 is 0 Å². The number of hydrogen-bond donors (Lipinski definition) is 0. The van der Waals surface area contributed by atoms with Crippen molar-refractivity contribution in [2.24, 2.45) is 0 Å². The topological polar surface area (TPSA) is 0 Å². The molecule has 0 radical (unpaired) electrons. The molecule has 0 aromatic carbocycles. The van der Waals surface area contributed by atoms with Crippen molar-refractivity contribution < 1.29 is 4.39 Å². The fourth-order valence-corrected chi connectivity index (χ4v) is 0. The van der Waals surface area contributed by atoms with Gasteiger partial charge in [-0.1, -0.05) is 13.8 Å². The molecular weight excluding hydrogens is 55.0 g/mol. The van der Waals surface area contributed by atoms with Crippen molar-refractivity contribution in [3.63, 3.8) is 0 Å². The van der Waals surface area contributed by atoms with Gasteiger partial charge < -0.3 is 0 Å². The average Bonchev–Trinajstić information content (AvgIpc) is 1.50. The highest BCUT2D eigenvalue weighted by Gasteiger charge is 0.932. The van der Waals surface area contributed by atoms with Gasteiger partial charge in [-0.3, -0.25) is 4.39 Å². The Morgan fingerprint density at radius 3 is 1.00 bits per heavy atom. The third-order valence-corrected chi connectivity index (χ3v) is 0. The van der Waals surface area contributed by atoms with Crippen molar-refractivity contribution in [3.8, 4) is 0 Å².